The summed E-state index contributed by atoms with van der Waals surface area (Å²) in [6.07, 6.45) is 1.47. The smallest absolute Gasteiger partial charge is 0.266 e. The second kappa shape index (κ2) is 5.63. The van der Waals surface area contributed by atoms with E-state index in [1.54, 1.807) is 18.2 Å². The molecule has 0 aliphatic carbocycles. The minimum atomic E-state index is -0.182. The summed E-state index contributed by atoms with van der Waals surface area (Å²) in [6.45, 7) is 1.89. The van der Waals surface area contributed by atoms with Crippen LogP contribution in [-0.2, 0) is 0 Å². The summed E-state index contributed by atoms with van der Waals surface area (Å²) in [5.74, 6) is -0.182. The van der Waals surface area contributed by atoms with E-state index < -0.39 is 0 Å². The molecule has 106 valence electrons. The molecule has 0 atom stereocenters. The first-order valence-corrected chi connectivity index (χ1v) is 7.29. The minimum Gasteiger partial charge on any atom is -0.320 e. The zero-order chi connectivity index (χ0) is 14.8. The van der Waals surface area contributed by atoms with Gasteiger partial charge in [-0.25, -0.2) is 4.68 Å². The van der Waals surface area contributed by atoms with Crippen molar-refractivity contribution in [1.82, 2.24) is 20.2 Å². The van der Waals surface area contributed by atoms with Crippen LogP contribution < -0.4 is 5.32 Å². The van der Waals surface area contributed by atoms with Gasteiger partial charge in [0.15, 0.2) is 0 Å². The molecule has 1 N–H and O–H groups in total. The van der Waals surface area contributed by atoms with Crippen LogP contribution >= 0.6 is 22.9 Å². The number of thiophene rings is 1. The normalized spacial score (nSPS) is 10.6. The molecule has 0 spiro atoms. The van der Waals surface area contributed by atoms with Gasteiger partial charge in [0.2, 0.25) is 0 Å². The largest absolute Gasteiger partial charge is 0.320 e. The van der Waals surface area contributed by atoms with Crippen molar-refractivity contribution < 1.29 is 4.79 Å². The molecule has 0 saturated heterocycles. The summed E-state index contributed by atoms with van der Waals surface area (Å²) in [7, 11) is 0. The van der Waals surface area contributed by atoms with Gasteiger partial charge < -0.3 is 5.32 Å². The van der Waals surface area contributed by atoms with E-state index in [9.17, 15) is 4.79 Å². The van der Waals surface area contributed by atoms with Crippen molar-refractivity contribution in [3.05, 3.63) is 51.4 Å². The Bertz CT molecular complexity index is 784. The van der Waals surface area contributed by atoms with Crippen LogP contribution in [0.15, 0.2) is 36.0 Å². The lowest BCUT2D eigenvalue weighted by Gasteiger charge is -2.09. The lowest BCUT2D eigenvalue weighted by molar-refractivity contribution is 0.103. The van der Waals surface area contributed by atoms with E-state index in [-0.39, 0.29) is 5.91 Å². The van der Waals surface area contributed by atoms with Crippen LogP contribution in [0.5, 0.6) is 0 Å². The van der Waals surface area contributed by atoms with Crippen molar-refractivity contribution in [1.29, 1.82) is 0 Å². The number of benzene rings is 1. The number of carbonyl (C=O) groups is 1. The van der Waals surface area contributed by atoms with Gasteiger partial charge in [0.1, 0.15) is 6.33 Å². The molecule has 3 aromatic rings. The van der Waals surface area contributed by atoms with E-state index in [4.69, 9.17) is 11.6 Å². The van der Waals surface area contributed by atoms with Crippen molar-refractivity contribution in [2.24, 2.45) is 0 Å². The number of anilines is 1. The monoisotopic (exact) mass is 319 g/mol. The average molecular weight is 320 g/mol. The van der Waals surface area contributed by atoms with E-state index in [1.807, 2.05) is 18.4 Å². The SMILES string of the molecule is Cc1ccsc1C(=O)Nc1cc(-n2cnnn2)ccc1Cl. The van der Waals surface area contributed by atoms with Gasteiger partial charge in [0, 0.05) is 0 Å². The first-order chi connectivity index (χ1) is 10.1. The Morgan fingerprint density at radius 2 is 2.24 bits per heavy atom. The van der Waals surface area contributed by atoms with Crippen molar-refractivity contribution in [2.45, 2.75) is 6.92 Å². The molecule has 3 rings (SSSR count). The summed E-state index contributed by atoms with van der Waals surface area (Å²) in [5.41, 5.74) is 2.16. The molecule has 0 aliphatic heterocycles. The number of rotatable bonds is 3. The van der Waals surface area contributed by atoms with Crippen LogP contribution in [0.3, 0.4) is 0 Å². The van der Waals surface area contributed by atoms with Gasteiger partial charge in [0.05, 0.1) is 21.3 Å². The molecule has 2 heterocycles. The lowest BCUT2D eigenvalue weighted by atomic mass is 10.2. The summed E-state index contributed by atoms with van der Waals surface area (Å²) in [4.78, 5) is 12.9. The summed E-state index contributed by atoms with van der Waals surface area (Å²) < 4.78 is 1.49. The molecule has 0 aliphatic rings. The Morgan fingerprint density at radius 3 is 2.90 bits per heavy atom. The van der Waals surface area contributed by atoms with E-state index in [0.29, 0.717) is 21.3 Å². The second-order valence-corrected chi connectivity index (χ2v) is 5.63. The van der Waals surface area contributed by atoms with Gasteiger partial charge in [-0.05, 0) is 52.6 Å². The van der Waals surface area contributed by atoms with Crippen LogP contribution in [0.1, 0.15) is 15.2 Å². The summed E-state index contributed by atoms with van der Waals surface area (Å²) in [5, 5.41) is 16.1. The molecule has 1 amide bonds. The highest BCUT2D eigenvalue weighted by Gasteiger charge is 2.13. The van der Waals surface area contributed by atoms with Crippen molar-refractivity contribution in [3.63, 3.8) is 0 Å². The van der Waals surface area contributed by atoms with Crippen LogP contribution in [-0.4, -0.2) is 26.1 Å². The maximum atomic E-state index is 12.2. The van der Waals surface area contributed by atoms with Gasteiger partial charge in [-0.15, -0.1) is 16.4 Å². The molecule has 0 saturated carbocycles. The first-order valence-electron chi connectivity index (χ1n) is 6.03. The molecule has 8 heteroatoms. The van der Waals surface area contributed by atoms with E-state index in [0.717, 1.165) is 5.56 Å². The third kappa shape index (κ3) is 2.79. The molecular formula is C13H10ClN5OS. The van der Waals surface area contributed by atoms with Crippen molar-refractivity contribution in [2.75, 3.05) is 5.32 Å². The number of hydrogen-bond acceptors (Lipinski definition) is 5. The number of aryl methyl sites for hydroxylation is 1. The number of nitrogens with one attached hydrogen (secondary N) is 1. The Hall–Kier alpha value is -2.25. The van der Waals surface area contributed by atoms with E-state index >= 15 is 0 Å². The van der Waals surface area contributed by atoms with Crippen LogP contribution in [0, 0.1) is 6.92 Å². The Balaban J connectivity index is 1.90. The van der Waals surface area contributed by atoms with Crippen molar-refractivity contribution in [3.8, 4) is 5.69 Å². The Labute approximate surface area is 129 Å². The number of hydrogen-bond donors (Lipinski definition) is 1. The topological polar surface area (TPSA) is 72.7 Å². The van der Waals surface area contributed by atoms with Crippen molar-refractivity contribution >= 4 is 34.5 Å². The third-order valence-electron chi connectivity index (χ3n) is 2.88. The molecule has 6 nitrogen and oxygen atoms in total. The molecule has 1 aromatic carbocycles. The lowest BCUT2D eigenvalue weighted by Crippen LogP contribution is -2.12. The van der Waals surface area contributed by atoms with E-state index in [2.05, 4.69) is 20.8 Å². The van der Waals surface area contributed by atoms with Gasteiger partial charge in [-0.3, -0.25) is 4.79 Å². The van der Waals surface area contributed by atoms with Gasteiger partial charge in [-0.1, -0.05) is 11.6 Å². The number of carbonyl (C=O) groups excluding carboxylic acids is 1. The number of amides is 1. The average Bonchev–Trinajstić information content (AvgIpc) is 3.12. The molecule has 0 bridgehead atoms. The zero-order valence-electron chi connectivity index (χ0n) is 10.9. The predicted octanol–water partition coefficient (Wildman–Crippen LogP) is 2.94. The minimum absolute atomic E-state index is 0.182. The Kier molecular flexibility index (Phi) is 3.68. The summed E-state index contributed by atoms with van der Waals surface area (Å²) in [6, 6.07) is 7.08. The highest BCUT2D eigenvalue weighted by Crippen LogP contribution is 2.26. The fraction of sp³-hybridized carbons (Fsp3) is 0.0769. The number of halogens is 1. The molecule has 2 aromatic heterocycles. The molecule has 0 fully saturated rings. The zero-order valence-corrected chi connectivity index (χ0v) is 12.5. The van der Waals surface area contributed by atoms with Gasteiger partial charge >= 0.3 is 0 Å². The Morgan fingerprint density at radius 1 is 1.38 bits per heavy atom. The molecular weight excluding hydrogens is 310 g/mol. The van der Waals surface area contributed by atoms with Crippen LogP contribution in [0.4, 0.5) is 5.69 Å². The second-order valence-electron chi connectivity index (χ2n) is 4.31. The highest BCUT2D eigenvalue weighted by molar-refractivity contribution is 7.12. The highest BCUT2D eigenvalue weighted by atomic mass is 35.5. The predicted molar refractivity (Wildman–Crippen MR) is 81.2 cm³/mol. The van der Waals surface area contributed by atoms with Crippen LogP contribution in [0.25, 0.3) is 5.69 Å². The molecule has 0 radical (unpaired) electrons. The van der Waals surface area contributed by atoms with Gasteiger partial charge in [-0.2, -0.15) is 0 Å². The maximum Gasteiger partial charge on any atom is 0.266 e. The van der Waals surface area contributed by atoms with E-state index in [1.165, 1.54) is 22.3 Å². The molecule has 0 unspecified atom stereocenters. The fourth-order valence-electron chi connectivity index (χ4n) is 1.82. The fourth-order valence-corrected chi connectivity index (χ4v) is 2.80. The third-order valence-corrected chi connectivity index (χ3v) is 4.22. The number of aromatic nitrogens is 4. The maximum absolute atomic E-state index is 12.2. The van der Waals surface area contributed by atoms with Gasteiger partial charge in [0.25, 0.3) is 5.91 Å². The number of nitrogens with zero attached hydrogens (tertiary/aromatic N) is 4. The summed E-state index contributed by atoms with van der Waals surface area (Å²) >= 11 is 7.52. The number of tetrazole rings is 1. The van der Waals surface area contributed by atoms with Crippen LogP contribution in [0.2, 0.25) is 5.02 Å². The first kappa shape index (κ1) is 13.7. The quantitative estimate of drug-likeness (QED) is 0.805. The molecule has 21 heavy (non-hydrogen) atoms. The standard InChI is InChI=1S/C13H10ClN5OS/c1-8-4-5-21-12(8)13(20)16-11-6-9(2-3-10(11)14)19-7-15-17-18-19/h2-7H,1H3,(H,16,20).